The van der Waals surface area contributed by atoms with Crippen molar-refractivity contribution in [3.63, 3.8) is 0 Å². The van der Waals surface area contributed by atoms with Crippen molar-refractivity contribution in [3.05, 3.63) is 0 Å². The van der Waals surface area contributed by atoms with Crippen LogP contribution in [0.25, 0.3) is 0 Å². The molecule has 0 aromatic rings. The maximum Gasteiger partial charge on any atom is 0.223 e. The van der Waals surface area contributed by atoms with Gasteiger partial charge in [-0.1, -0.05) is 6.42 Å². The smallest absolute Gasteiger partial charge is 0.223 e. The minimum absolute atomic E-state index is 0.178. The standard InChI is InChI=1S/C12H22N2O2/c15-12(10-4-7-16-8-5-10)14-9-11-3-1-2-6-13-11/h10-11,13H,1-9H2,(H,14,15). The van der Waals surface area contributed by atoms with E-state index in [1.54, 1.807) is 0 Å². The van der Waals surface area contributed by atoms with Gasteiger partial charge in [0.1, 0.15) is 0 Å². The lowest BCUT2D eigenvalue weighted by atomic mass is 9.99. The summed E-state index contributed by atoms with van der Waals surface area (Å²) in [7, 11) is 0. The van der Waals surface area contributed by atoms with Crippen LogP contribution in [-0.2, 0) is 9.53 Å². The van der Waals surface area contributed by atoms with E-state index in [1.807, 2.05) is 0 Å². The monoisotopic (exact) mass is 226 g/mol. The quantitative estimate of drug-likeness (QED) is 0.743. The van der Waals surface area contributed by atoms with Crippen LogP contribution in [0.4, 0.5) is 0 Å². The van der Waals surface area contributed by atoms with Gasteiger partial charge in [0.05, 0.1) is 0 Å². The number of amides is 1. The number of hydrogen-bond donors (Lipinski definition) is 2. The highest BCUT2D eigenvalue weighted by atomic mass is 16.5. The molecule has 2 rings (SSSR count). The predicted molar refractivity (Wildman–Crippen MR) is 62.2 cm³/mol. The fourth-order valence-electron chi connectivity index (χ4n) is 2.43. The van der Waals surface area contributed by atoms with Crippen molar-refractivity contribution >= 4 is 5.91 Å². The molecular weight excluding hydrogens is 204 g/mol. The fourth-order valence-corrected chi connectivity index (χ4v) is 2.43. The van der Waals surface area contributed by atoms with Gasteiger partial charge in [0.15, 0.2) is 0 Å². The second kappa shape index (κ2) is 6.21. The lowest BCUT2D eigenvalue weighted by Gasteiger charge is -2.26. The van der Waals surface area contributed by atoms with Crippen LogP contribution in [-0.4, -0.2) is 38.3 Å². The van der Waals surface area contributed by atoms with E-state index >= 15 is 0 Å². The third-order valence-electron chi connectivity index (χ3n) is 3.53. The Hall–Kier alpha value is -0.610. The lowest BCUT2D eigenvalue weighted by molar-refractivity contribution is -0.127. The van der Waals surface area contributed by atoms with Crippen LogP contribution in [0.1, 0.15) is 32.1 Å². The van der Waals surface area contributed by atoms with Gasteiger partial charge in [-0.25, -0.2) is 0 Å². The SMILES string of the molecule is O=C(NCC1CCCCN1)C1CCOCC1. The molecule has 4 heteroatoms. The molecule has 0 aromatic carbocycles. The first-order valence-electron chi connectivity index (χ1n) is 6.45. The van der Waals surface area contributed by atoms with E-state index < -0.39 is 0 Å². The van der Waals surface area contributed by atoms with Gasteiger partial charge in [0.2, 0.25) is 5.91 Å². The van der Waals surface area contributed by atoms with Crippen LogP contribution < -0.4 is 10.6 Å². The summed E-state index contributed by atoms with van der Waals surface area (Å²) in [5.41, 5.74) is 0. The van der Waals surface area contributed by atoms with E-state index in [1.165, 1.54) is 19.3 Å². The van der Waals surface area contributed by atoms with Crippen molar-refractivity contribution < 1.29 is 9.53 Å². The molecule has 1 atom stereocenters. The zero-order valence-electron chi connectivity index (χ0n) is 9.84. The Kier molecular flexibility index (Phi) is 4.60. The average molecular weight is 226 g/mol. The molecule has 16 heavy (non-hydrogen) atoms. The zero-order chi connectivity index (χ0) is 11.2. The topological polar surface area (TPSA) is 50.4 Å². The molecule has 2 aliphatic rings. The summed E-state index contributed by atoms with van der Waals surface area (Å²) >= 11 is 0. The zero-order valence-corrected chi connectivity index (χ0v) is 9.84. The minimum Gasteiger partial charge on any atom is -0.381 e. The van der Waals surface area contributed by atoms with E-state index in [0.717, 1.165) is 39.1 Å². The molecule has 0 bridgehead atoms. The number of piperidine rings is 1. The Bertz CT molecular complexity index is 221. The third-order valence-corrected chi connectivity index (χ3v) is 3.53. The molecule has 2 saturated heterocycles. The van der Waals surface area contributed by atoms with Crippen LogP contribution in [0.2, 0.25) is 0 Å². The second-order valence-electron chi connectivity index (χ2n) is 4.78. The van der Waals surface area contributed by atoms with Crippen LogP contribution in [0.3, 0.4) is 0 Å². The van der Waals surface area contributed by atoms with Crippen molar-refractivity contribution in [2.24, 2.45) is 5.92 Å². The van der Waals surface area contributed by atoms with Gasteiger partial charge >= 0.3 is 0 Å². The van der Waals surface area contributed by atoms with Crippen LogP contribution in [0, 0.1) is 5.92 Å². The van der Waals surface area contributed by atoms with Crippen molar-refractivity contribution in [1.29, 1.82) is 0 Å². The number of rotatable bonds is 3. The molecule has 2 heterocycles. The van der Waals surface area contributed by atoms with Gasteiger partial charge in [-0.15, -0.1) is 0 Å². The Labute approximate surface area is 97.1 Å². The first-order chi connectivity index (χ1) is 7.86. The molecule has 0 aromatic heterocycles. The van der Waals surface area contributed by atoms with Crippen molar-refractivity contribution in [1.82, 2.24) is 10.6 Å². The summed E-state index contributed by atoms with van der Waals surface area (Å²) < 4.78 is 5.25. The summed E-state index contributed by atoms with van der Waals surface area (Å²) in [6.45, 7) is 3.35. The molecule has 92 valence electrons. The predicted octanol–water partition coefficient (Wildman–Crippen LogP) is 0.671. The Balaban J connectivity index is 1.65. The molecule has 1 unspecified atom stereocenters. The number of ether oxygens (including phenoxy) is 1. The number of carbonyl (C=O) groups excluding carboxylic acids is 1. The second-order valence-corrected chi connectivity index (χ2v) is 4.78. The molecular formula is C12H22N2O2. The maximum absolute atomic E-state index is 11.8. The first kappa shape index (κ1) is 11.9. The van der Waals surface area contributed by atoms with E-state index in [-0.39, 0.29) is 11.8 Å². The highest BCUT2D eigenvalue weighted by Crippen LogP contribution is 2.14. The van der Waals surface area contributed by atoms with Crippen molar-refractivity contribution in [2.75, 3.05) is 26.3 Å². The first-order valence-corrected chi connectivity index (χ1v) is 6.45. The molecule has 2 fully saturated rings. The molecule has 1 amide bonds. The average Bonchev–Trinajstić information content (AvgIpc) is 2.38. The van der Waals surface area contributed by atoms with Crippen molar-refractivity contribution in [2.45, 2.75) is 38.1 Å². The molecule has 0 spiro atoms. The molecule has 0 saturated carbocycles. The third kappa shape index (κ3) is 3.46. The van der Waals surface area contributed by atoms with Gasteiger partial charge in [0.25, 0.3) is 0 Å². The summed E-state index contributed by atoms with van der Waals surface area (Å²) in [6, 6.07) is 0.484. The normalized spacial score (nSPS) is 27.6. The van der Waals surface area contributed by atoms with Crippen LogP contribution in [0.5, 0.6) is 0 Å². The number of carbonyl (C=O) groups is 1. The van der Waals surface area contributed by atoms with Gasteiger partial charge in [-0.3, -0.25) is 4.79 Å². The lowest BCUT2D eigenvalue weighted by Crippen LogP contribution is -2.45. The molecule has 0 aliphatic carbocycles. The number of hydrogen-bond acceptors (Lipinski definition) is 3. The van der Waals surface area contributed by atoms with Gasteiger partial charge in [-0.05, 0) is 32.2 Å². The summed E-state index contributed by atoms with van der Waals surface area (Å²) in [4.78, 5) is 11.8. The highest BCUT2D eigenvalue weighted by Gasteiger charge is 2.22. The van der Waals surface area contributed by atoms with E-state index in [9.17, 15) is 4.79 Å². The largest absolute Gasteiger partial charge is 0.381 e. The molecule has 2 aliphatic heterocycles. The van der Waals surface area contributed by atoms with Crippen LogP contribution >= 0.6 is 0 Å². The molecule has 2 N–H and O–H groups in total. The minimum atomic E-state index is 0.178. The van der Waals surface area contributed by atoms with E-state index in [2.05, 4.69) is 10.6 Å². The van der Waals surface area contributed by atoms with Gasteiger partial charge in [-0.2, -0.15) is 0 Å². The summed E-state index contributed by atoms with van der Waals surface area (Å²) in [6.07, 6.45) is 5.50. The van der Waals surface area contributed by atoms with Crippen molar-refractivity contribution in [3.8, 4) is 0 Å². The molecule has 4 nitrogen and oxygen atoms in total. The van der Waals surface area contributed by atoms with E-state index in [0.29, 0.717) is 6.04 Å². The maximum atomic E-state index is 11.8. The van der Waals surface area contributed by atoms with Crippen LogP contribution in [0.15, 0.2) is 0 Å². The summed E-state index contributed by atoms with van der Waals surface area (Å²) in [5, 5.41) is 6.50. The Morgan fingerprint density at radius 2 is 2.06 bits per heavy atom. The highest BCUT2D eigenvalue weighted by molar-refractivity contribution is 5.78. The van der Waals surface area contributed by atoms with E-state index in [4.69, 9.17) is 4.74 Å². The summed E-state index contributed by atoms with van der Waals surface area (Å²) in [5.74, 6) is 0.396. The fraction of sp³-hybridized carbons (Fsp3) is 0.917. The number of nitrogens with one attached hydrogen (secondary N) is 2. The Morgan fingerprint density at radius 3 is 2.75 bits per heavy atom. The van der Waals surface area contributed by atoms with Gasteiger partial charge < -0.3 is 15.4 Å². The Morgan fingerprint density at radius 1 is 1.25 bits per heavy atom. The van der Waals surface area contributed by atoms with Gasteiger partial charge in [0, 0.05) is 31.7 Å². The molecule has 0 radical (unpaired) electrons.